The Morgan fingerprint density at radius 1 is 1.42 bits per heavy atom. The molecule has 6 heteroatoms. The van der Waals surface area contributed by atoms with Gasteiger partial charge in [-0.15, -0.1) is 0 Å². The molecule has 1 heterocycles. The topological polar surface area (TPSA) is 68.4 Å². The van der Waals surface area contributed by atoms with Crippen molar-refractivity contribution in [2.24, 2.45) is 0 Å². The Morgan fingerprint density at radius 3 is 3.00 bits per heavy atom. The van der Waals surface area contributed by atoms with E-state index in [0.717, 1.165) is 0 Å². The second-order valence-corrected chi connectivity index (χ2v) is 4.62. The maximum Gasteiger partial charge on any atom is 0.230 e. The van der Waals surface area contributed by atoms with Gasteiger partial charge in [-0.1, -0.05) is 11.2 Å². The molecule has 0 unspecified atom stereocenters. The lowest BCUT2D eigenvalue weighted by atomic mass is 9.82. The summed E-state index contributed by atoms with van der Waals surface area (Å²) < 4.78 is 23.4. The number of rotatable bonds is 4. The molecule has 1 aromatic carbocycles. The summed E-state index contributed by atoms with van der Waals surface area (Å²) in [6, 6.07) is 5.87. The highest BCUT2D eigenvalue weighted by atomic mass is 19.1. The summed E-state index contributed by atoms with van der Waals surface area (Å²) in [5.41, 5.74) is 0. The summed E-state index contributed by atoms with van der Waals surface area (Å²) in [6.45, 7) is 0.127. The van der Waals surface area contributed by atoms with Crippen LogP contribution in [0.5, 0.6) is 5.75 Å². The molecule has 1 saturated carbocycles. The first kappa shape index (κ1) is 12.1. The van der Waals surface area contributed by atoms with Crippen LogP contribution >= 0.6 is 0 Å². The molecule has 3 rings (SSSR count). The predicted molar refractivity (Wildman–Crippen MR) is 63.0 cm³/mol. The standard InChI is InChI=1S/C13H13FN2O3/c14-9-2-1-3-11(6-9)18-7-12-15-13(19-16-12)8-4-10(17)5-8/h1-3,6,8,10,17H,4-5,7H2. The van der Waals surface area contributed by atoms with E-state index < -0.39 is 0 Å². The number of aliphatic hydroxyl groups excluding tert-OH is 1. The fourth-order valence-electron chi connectivity index (χ4n) is 1.99. The van der Waals surface area contributed by atoms with Crippen molar-refractivity contribution in [1.82, 2.24) is 10.1 Å². The van der Waals surface area contributed by atoms with Gasteiger partial charge in [0.05, 0.1) is 6.10 Å². The van der Waals surface area contributed by atoms with Gasteiger partial charge in [0.2, 0.25) is 11.7 Å². The Morgan fingerprint density at radius 2 is 2.26 bits per heavy atom. The van der Waals surface area contributed by atoms with Gasteiger partial charge in [0, 0.05) is 12.0 Å². The van der Waals surface area contributed by atoms with E-state index in [4.69, 9.17) is 9.26 Å². The minimum absolute atomic E-state index is 0.127. The highest BCUT2D eigenvalue weighted by Crippen LogP contribution is 2.35. The SMILES string of the molecule is OC1CC(c2nc(COc3cccc(F)c3)no2)C1. The van der Waals surface area contributed by atoms with E-state index in [-0.39, 0.29) is 24.4 Å². The van der Waals surface area contributed by atoms with Crippen molar-refractivity contribution in [3.63, 3.8) is 0 Å². The number of hydrogen-bond acceptors (Lipinski definition) is 5. The van der Waals surface area contributed by atoms with Crippen molar-refractivity contribution in [1.29, 1.82) is 0 Å². The molecule has 0 saturated heterocycles. The molecule has 100 valence electrons. The third-order valence-electron chi connectivity index (χ3n) is 3.11. The lowest BCUT2D eigenvalue weighted by Crippen LogP contribution is -2.26. The highest BCUT2D eigenvalue weighted by Gasteiger charge is 2.32. The smallest absolute Gasteiger partial charge is 0.230 e. The van der Waals surface area contributed by atoms with Crippen molar-refractivity contribution >= 4 is 0 Å². The van der Waals surface area contributed by atoms with Gasteiger partial charge in [0.1, 0.15) is 11.6 Å². The number of hydrogen-bond donors (Lipinski definition) is 1. The van der Waals surface area contributed by atoms with E-state index in [1.54, 1.807) is 12.1 Å². The highest BCUT2D eigenvalue weighted by molar-refractivity contribution is 5.22. The van der Waals surface area contributed by atoms with E-state index in [0.29, 0.717) is 30.3 Å². The molecule has 1 aliphatic rings. The molecule has 0 amide bonds. The maximum atomic E-state index is 12.9. The molecule has 2 aromatic rings. The Hall–Kier alpha value is -1.95. The molecule has 5 nitrogen and oxygen atoms in total. The van der Waals surface area contributed by atoms with Crippen molar-refractivity contribution < 1.29 is 18.8 Å². The second-order valence-electron chi connectivity index (χ2n) is 4.62. The third kappa shape index (κ3) is 2.73. The van der Waals surface area contributed by atoms with Gasteiger partial charge in [-0.25, -0.2) is 4.39 Å². The van der Waals surface area contributed by atoms with Crippen LogP contribution in [0.4, 0.5) is 4.39 Å². The van der Waals surface area contributed by atoms with Crippen LogP contribution in [0.3, 0.4) is 0 Å². The molecule has 1 fully saturated rings. The molecular weight excluding hydrogens is 251 g/mol. The Bertz CT molecular complexity index is 567. The zero-order valence-corrected chi connectivity index (χ0v) is 10.1. The van der Waals surface area contributed by atoms with Crippen LogP contribution in [0, 0.1) is 5.82 Å². The monoisotopic (exact) mass is 264 g/mol. The average Bonchev–Trinajstić information content (AvgIpc) is 2.81. The molecule has 0 radical (unpaired) electrons. The summed E-state index contributed by atoms with van der Waals surface area (Å²) in [4.78, 5) is 4.20. The normalized spacial score (nSPS) is 22.0. The Balaban J connectivity index is 1.58. The largest absolute Gasteiger partial charge is 0.485 e. The molecule has 1 aromatic heterocycles. The average molecular weight is 264 g/mol. The Labute approximate surface area is 109 Å². The minimum Gasteiger partial charge on any atom is -0.485 e. The number of aliphatic hydroxyl groups is 1. The molecule has 0 aliphatic heterocycles. The maximum absolute atomic E-state index is 12.9. The van der Waals surface area contributed by atoms with Crippen molar-refractivity contribution in [3.05, 3.63) is 41.8 Å². The summed E-state index contributed by atoms with van der Waals surface area (Å²) >= 11 is 0. The van der Waals surface area contributed by atoms with Crippen LogP contribution in [-0.4, -0.2) is 21.4 Å². The molecule has 19 heavy (non-hydrogen) atoms. The third-order valence-corrected chi connectivity index (χ3v) is 3.11. The van der Waals surface area contributed by atoms with Crippen molar-refractivity contribution in [2.45, 2.75) is 31.5 Å². The zero-order chi connectivity index (χ0) is 13.2. The van der Waals surface area contributed by atoms with Gasteiger partial charge >= 0.3 is 0 Å². The van der Waals surface area contributed by atoms with E-state index in [1.165, 1.54) is 12.1 Å². The molecule has 0 atom stereocenters. The molecule has 1 N–H and O–H groups in total. The number of nitrogens with zero attached hydrogens (tertiary/aromatic N) is 2. The van der Waals surface area contributed by atoms with Crippen molar-refractivity contribution in [2.75, 3.05) is 0 Å². The van der Waals surface area contributed by atoms with E-state index in [1.807, 2.05) is 0 Å². The summed E-state index contributed by atoms with van der Waals surface area (Å²) in [7, 11) is 0. The van der Waals surface area contributed by atoms with Crippen LogP contribution < -0.4 is 4.74 Å². The van der Waals surface area contributed by atoms with Gasteiger partial charge in [-0.3, -0.25) is 0 Å². The van der Waals surface area contributed by atoms with Gasteiger partial charge in [-0.2, -0.15) is 4.98 Å². The number of aromatic nitrogens is 2. The first-order chi connectivity index (χ1) is 9.20. The van der Waals surface area contributed by atoms with Crippen LogP contribution in [0.1, 0.15) is 30.5 Å². The van der Waals surface area contributed by atoms with E-state index >= 15 is 0 Å². The number of halogens is 1. The van der Waals surface area contributed by atoms with Crippen LogP contribution in [0.2, 0.25) is 0 Å². The first-order valence-electron chi connectivity index (χ1n) is 6.09. The first-order valence-corrected chi connectivity index (χ1v) is 6.09. The van der Waals surface area contributed by atoms with E-state index in [9.17, 15) is 9.50 Å². The minimum atomic E-state index is -0.352. The lowest BCUT2D eigenvalue weighted by molar-refractivity contribution is 0.0624. The zero-order valence-electron chi connectivity index (χ0n) is 10.1. The van der Waals surface area contributed by atoms with Gasteiger partial charge in [0.25, 0.3) is 0 Å². The van der Waals surface area contributed by atoms with Gasteiger partial charge in [-0.05, 0) is 25.0 Å². The number of benzene rings is 1. The summed E-state index contributed by atoms with van der Waals surface area (Å²) in [5.74, 6) is 1.16. The quantitative estimate of drug-likeness (QED) is 0.915. The fourth-order valence-corrected chi connectivity index (χ4v) is 1.99. The van der Waals surface area contributed by atoms with Gasteiger partial charge in [0.15, 0.2) is 6.61 Å². The fraction of sp³-hybridized carbons (Fsp3) is 0.385. The van der Waals surface area contributed by atoms with Gasteiger partial charge < -0.3 is 14.4 Å². The lowest BCUT2D eigenvalue weighted by Gasteiger charge is -2.27. The summed E-state index contributed by atoms with van der Waals surface area (Å²) in [6.07, 6.45) is 1.06. The van der Waals surface area contributed by atoms with Crippen LogP contribution in [0.15, 0.2) is 28.8 Å². The van der Waals surface area contributed by atoms with Crippen molar-refractivity contribution in [3.8, 4) is 5.75 Å². The molecule has 1 aliphatic carbocycles. The Kier molecular flexibility index (Phi) is 3.16. The second kappa shape index (κ2) is 4.97. The number of ether oxygens (including phenoxy) is 1. The summed E-state index contributed by atoms with van der Waals surface area (Å²) in [5, 5.41) is 13.0. The predicted octanol–water partition coefficient (Wildman–Crippen LogP) is 2.03. The van der Waals surface area contributed by atoms with Crippen LogP contribution in [-0.2, 0) is 6.61 Å². The molecular formula is C13H13FN2O3. The van der Waals surface area contributed by atoms with Crippen LogP contribution in [0.25, 0.3) is 0 Å². The molecule has 0 bridgehead atoms. The van der Waals surface area contributed by atoms with E-state index in [2.05, 4.69) is 10.1 Å². The molecule has 0 spiro atoms.